The Kier molecular flexibility index (Phi) is 7.35. The zero-order valence-electron chi connectivity index (χ0n) is 14.0. The van der Waals surface area contributed by atoms with Crippen molar-refractivity contribution in [3.63, 3.8) is 0 Å². The minimum Gasteiger partial charge on any atom is -0.464 e. The van der Waals surface area contributed by atoms with Crippen molar-refractivity contribution in [1.82, 2.24) is 13.6 Å². The summed E-state index contributed by atoms with van der Waals surface area (Å²) in [6.45, 7) is 3.74. The quantitative estimate of drug-likeness (QED) is 0.532. The molecule has 0 aliphatic heterocycles. The van der Waals surface area contributed by atoms with Crippen LogP contribution in [0.25, 0.3) is 0 Å². The molecule has 2 aromatic heterocycles. The molecular weight excluding hydrogens is 330 g/mol. The zero-order valence-corrected chi connectivity index (χ0v) is 15.7. The summed E-state index contributed by atoms with van der Waals surface area (Å²) >= 11 is 1.23. The van der Waals surface area contributed by atoms with Gasteiger partial charge in [-0.1, -0.05) is 18.5 Å². The molecule has 2 aromatic rings. The number of nitrogens with zero attached hydrogens (tertiary/aromatic N) is 3. The summed E-state index contributed by atoms with van der Waals surface area (Å²) in [6.07, 6.45) is 1.99. The molecule has 0 bridgehead atoms. The van der Waals surface area contributed by atoms with Gasteiger partial charge in [0.1, 0.15) is 17.2 Å². The zero-order chi connectivity index (χ0) is 16.7. The van der Waals surface area contributed by atoms with E-state index in [1.165, 1.54) is 0 Å². The molecule has 0 spiro atoms. The van der Waals surface area contributed by atoms with Gasteiger partial charge >= 0.3 is 0 Å². The largest absolute Gasteiger partial charge is 0.464 e. The van der Waals surface area contributed by atoms with Gasteiger partial charge in [0.25, 0.3) is 11.0 Å². The fourth-order valence-corrected chi connectivity index (χ4v) is 3.72. The van der Waals surface area contributed by atoms with Gasteiger partial charge in [0.05, 0.1) is 18.8 Å². The van der Waals surface area contributed by atoms with Gasteiger partial charge in [0.2, 0.25) is 5.49 Å². The summed E-state index contributed by atoms with van der Waals surface area (Å²) in [5, 5.41) is 5.82. The normalized spacial score (nSPS) is 13.3. The lowest BCUT2D eigenvalue weighted by Crippen LogP contribution is -2.11. The Morgan fingerprint density at radius 1 is 1.39 bits per heavy atom. The molecule has 128 valence electrons. The van der Waals surface area contributed by atoms with Crippen LogP contribution in [0.5, 0.6) is 0 Å². The number of rotatable bonds is 9. The highest BCUT2D eigenvalue weighted by Crippen LogP contribution is 2.16. The molecule has 8 heteroatoms. The minimum absolute atomic E-state index is 0.592. The first kappa shape index (κ1) is 18.3. The second kappa shape index (κ2) is 9.27. The lowest BCUT2D eigenvalue weighted by molar-refractivity contribution is 0.344. The Balaban J connectivity index is 1.77. The van der Waals surface area contributed by atoms with Crippen molar-refractivity contribution in [1.29, 1.82) is 0 Å². The summed E-state index contributed by atoms with van der Waals surface area (Å²) < 4.78 is 13.3. The van der Waals surface area contributed by atoms with Crippen LogP contribution in [0.15, 0.2) is 21.5 Å². The number of nitrogens with one attached hydrogen (secondary N) is 1. The molecule has 0 saturated carbocycles. The summed E-state index contributed by atoms with van der Waals surface area (Å²) in [7, 11) is 4.07. The molecule has 6 nitrogen and oxygen atoms in total. The van der Waals surface area contributed by atoms with Gasteiger partial charge < -0.3 is 9.32 Å². The number of thioether (sulfide) groups is 1. The van der Waals surface area contributed by atoms with Gasteiger partial charge in [-0.3, -0.25) is 4.99 Å². The predicted molar refractivity (Wildman–Crippen MR) is 97.9 cm³/mol. The van der Waals surface area contributed by atoms with Gasteiger partial charge in [-0.2, -0.15) is 11.8 Å². The van der Waals surface area contributed by atoms with E-state index in [1.54, 1.807) is 0 Å². The van der Waals surface area contributed by atoms with Crippen molar-refractivity contribution in [3.8, 4) is 0 Å². The van der Waals surface area contributed by atoms with E-state index in [2.05, 4.69) is 31.6 Å². The average molecular weight is 357 g/mol. The van der Waals surface area contributed by atoms with Crippen LogP contribution < -0.4 is 10.6 Å². The molecule has 0 aliphatic carbocycles. The van der Waals surface area contributed by atoms with Gasteiger partial charge in [-0.25, -0.2) is 0 Å². The third-order valence-electron chi connectivity index (χ3n) is 3.11. The first-order valence-corrected chi connectivity index (χ1v) is 10.2. The molecule has 0 radical (unpaired) electrons. The Morgan fingerprint density at radius 3 is 2.91 bits per heavy atom. The van der Waals surface area contributed by atoms with Gasteiger partial charge in [-0.15, -0.1) is 4.37 Å². The molecule has 0 saturated heterocycles. The number of aryl methyl sites for hydroxylation is 1. The topological polar surface area (TPSA) is 83.4 Å². The Morgan fingerprint density at radius 2 is 2.17 bits per heavy atom. The van der Waals surface area contributed by atoms with Crippen LogP contribution in [-0.2, 0) is 18.7 Å². The van der Waals surface area contributed by atoms with E-state index in [0.717, 1.165) is 60.1 Å². The van der Waals surface area contributed by atoms with E-state index in [1.807, 2.05) is 31.9 Å². The maximum absolute atomic E-state index is 5.82. The maximum atomic E-state index is 5.82. The fraction of sp³-hybridized carbons (Fsp3) is 0.600. The molecule has 1 unspecified atom stereocenters. The predicted octanol–water partition coefficient (Wildman–Crippen LogP) is 2.31. The average Bonchev–Trinajstić information content (AvgIpc) is 3.05. The number of nitrogens with two attached hydrogens (primary N) is 1. The van der Waals surface area contributed by atoms with Crippen LogP contribution in [-0.4, -0.2) is 40.0 Å². The number of aromatic nitrogens is 2. The number of hydrogen-bond acceptors (Lipinski definition) is 6. The van der Waals surface area contributed by atoms with E-state index in [0.29, 0.717) is 0 Å². The first-order chi connectivity index (χ1) is 11.1. The van der Waals surface area contributed by atoms with Crippen molar-refractivity contribution in [2.45, 2.75) is 32.1 Å². The van der Waals surface area contributed by atoms with E-state index < -0.39 is 11.0 Å². The van der Waals surface area contributed by atoms with Gasteiger partial charge in [0.15, 0.2) is 0 Å². The standard InChI is InChI=1S/C15H26N5OS2/c1-4-5-14-15(19-23(16)18-14)17-8-9-22-11-13-7-6-12(21-13)10-20(2)3/h6-7H,4-5,8-11,16H2,1-3H3,(H,17,19)/q+1. The van der Waals surface area contributed by atoms with Crippen molar-refractivity contribution in [3.05, 3.63) is 34.8 Å². The van der Waals surface area contributed by atoms with Crippen LogP contribution in [0.1, 0.15) is 30.6 Å². The Labute approximate surface area is 144 Å². The minimum atomic E-state index is -0.592. The number of nitrogen functional groups attached to an aromatic ring is 1. The SMILES string of the molecule is CCCc1n[s+](N)[nH]c1=NCCSCc1ccc(CN(C)C)o1. The Hall–Kier alpha value is -1.09. The van der Waals surface area contributed by atoms with Crippen molar-refractivity contribution >= 4 is 22.8 Å². The van der Waals surface area contributed by atoms with E-state index in [4.69, 9.17) is 9.56 Å². The molecule has 2 rings (SSSR count). The molecule has 0 fully saturated rings. The molecule has 0 aliphatic rings. The Bertz CT molecular complexity index is 659. The number of H-pyrrole nitrogens is 1. The maximum Gasteiger partial charge on any atom is 0.277 e. The van der Waals surface area contributed by atoms with Crippen LogP contribution in [0.3, 0.4) is 0 Å². The first-order valence-electron chi connectivity index (χ1n) is 7.76. The third kappa shape index (κ3) is 6.14. The highest BCUT2D eigenvalue weighted by molar-refractivity contribution is 7.98. The second-order valence-electron chi connectivity index (χ2n) is 5.59. The second-order valence-corrected chi connectivity index (χ2v) is 7.71. The van der Waals surface area contributed by atoms with Crippen LogP contribution >= 0.6 is 22.8 Å². The molecule has 23 heavy (non-hydrogen) atoms. The van der Waals surface area contributed by atoms with Gasteiger partial charge in [0, 0.05) is 10.1 Å². The van der Waals surface area contributed by atoms with E-state index in [9.17, 15) is 0 Å². The summed E-state index contributed by atoms with van der Waals surface area (Å²) in [4.78, 5) is 6.69. The number of furan rings is 1. The highest BCUT2D eigenvalue weighted by Gasteiger charge is 2.09. The number of hydrogen-bond donors (Lipinski definition) is 2. The van der Waals surface area contributed by atoms with Gasteiger partial charge in [-0.05, 0) is 32.6 Å². The van der Waals surface area contributed by atoms with E-state index in [-0.39, 0.29) is 0 Å². The highest BCUT2D eigenvalue weighted by atomic mass is 32.2. The summed E-state index contributed by atoms with van der Waals surface area (Å²) in [5.41, 5.74) is 1.90. The molecule has 0 aromatic carbocycles. The molecule has 0 amide bonds. The van der Waals surface area contributed by atoms with Crippen LogP contribution in [0.2, 0.25) is 0 Å². The fourth-order valence-electron chi connectivity index (χ4n) is 2.16. The molecular formula is C15H26N5OS2+. The van der Waals surface area contributed by atoms with Crippen molar-refractivity contribution < 1.29 is 4.42 Å². The lowest BCUT2D eigenvalue weighted by atomic mass is 10.3. The molecule has 3 N–H and O–H groups in total. The lowest BCUT2D eigenvalue weighted by Gasteiger charge is -2.05. The third-order valence-corrected chi connectivity index (χ3v) is 4.89. The van der Waals surface area contributed by atoms with E-state index >= 15 is 0 Å². The smallest absolute Gasteiger partial charge is 0.277 e. The molecule has 1 atom stereocenters. The summed E-state index contributed by atoms with van der Waals surface area (Å²) in [6, 6.07) is 4.11. The van der Waals surface area contributed by atoms with Crippen molar-refractivity contribution in [2.24, 2.45) is 4.99 Å². The van der Waals surface area contributed by atoms with Crippen molar-refractivity contribution in [2.75, 3.05) is 31.5 Å². The van der Waals surface area contributed by atoms with Crippen LogP contribution in [0, 0.1) is 0 Å². The molecule has 2 heterocycles. The van der Waals surface area contributed by atoms with Crippen LogP contribution in [0.4, 0.5) is 0 Å². The summed E-state index contributed by atoms with van der Waals surface area (Å²) in [5.74, 6) is 3.86. The number of aromatic amines is 1. The monoisotopic (exact) mass is 356 g/mol.